The lowest BCUT2D eigenvalue weighted by Gasteiger charge is -2.16. The lowest BCUT2D eigenvalue weighted by Crippen LogP contribution is -2.38. The zero-order chi connectivity index (χ0) is 20.6. The molecule has 0 fully saturated rings. The molecule has 0 spiro atoms. The second-order valence-electron chi connectivity index (χ2n) is 6.93. The third-order valence-corrected chi connectivity index (χ3v) is 6.07. The predicted octanol–water partition coefficient (Wildman–Crippen LogP) is 3.93. The molecular formula is C21H28ClIN4O2S. The van der Waals surface area contributed by atoms with Gasteiger partial charge in [-0.05, 0) is 36.6 Å². The van der Waals surface area contributed by atoms with Crippen LogP contribution in [-0.4, -0.2) is 41.5 Å². The first-order valence-electron chi connectivity index (χ1n) is 9.87. The number of carbonyl (C=O) groups is 1. The zero-order valence-electron chi connectivity index (χ0n) is 16.9. The standard InChI is InChI=1S/C21H27ClN4O2S.HI/c1-2-23-21(25-12-17(27)18-9-10-19(22)29-18)24-11-5-8-20(28)26-13-15-6-3-4-7-16(15)14-26;/h3-4,6-7,9-10,17,27H,2,5,8,11-14H2,1H3,(H2,23,24,25);1H. The number of aliphatic hydroxyl groups excluding tert-OH is 1. The van der Waals surface area contributed by atoms with Crippen molar-refractivity contribution in [2.24, 2.45) is 4.99 Å². The average molecular weight is 563 g/mol. The van der Waals surface area contributed by atoms with Crippen LogP contribution in [0.4, 0.5) is 0 Å². The van der Waals surface area contributed by atoms with Gasteiger partial charge in [0.1, 0.15) is 6.10 Å². The Kier molecular flexibility index (Phi) is 10.4. The average Bonchev–Trinajstić information content (AvgIpc) is 3.35. The van der Waals surface area contributed by atoms with Crippen molar-refractivity contribution in [2.45, 2.75) is 39.0 Å². The Hall–Kier alpha value is -1.36. The fourth-order valence-corrected chi connectivity index (χ4v) is 4.27. The molecule has 2 aromatic rings. The number of nitrogens with one attached hydrogen (secondary N) is 2. The number of hydrogen-bond donors (Lipinski definition) is 3. The molecule has 1 aliphatic heterocycles. The summed E-state index contributed by atoms with van der Waals surface area (Å²) in [6.07, 6.45) is 0.539. The van der Waals surface area contributed by atoms with Crippen LogP contribution in [-0.2, 0) is 17.9 Å². The fraction of sp³-hybridized carbons (Fsp3) is 0.429. The maximum absolute atomic E-state index is 12.5. The minimum atomic E-state index is -0.679. The van der Waals surface area contributed by atoms with Crippen molar-refractivity contribution in [3.63, 3.8) is 0 Å². The zero-order valence-corrected chi connectivity index (χ0v) is 20.8. The minimum Gasteiger partial charge on any atom is -0.386 e. The second-order valence-corrected chi connectivity index (χ2v) is 8.67. The van der Waals surface area contributed by atoms with Gasteiger partial charge in [-0.25, -0.2) is 0 Å². The molecule has 164 valence electrons. The lowest BCUT2D eigenvalue weighted by atomic mass is 10.1. The molecule has 0 saturated heterocycles. The van der Waals surface area contributed by atoms with E-state index in [0.29, 0.717) is 36.4 Å². The molecule has 1 aromatic heterocycles. The van der Waals surface area contributed by atoms with E-state index in [2.05, 4.69) is 27.8 Å². The van der Waals surface area contributed by atoms with Crippen molar-refractivity contribution in [3.8, 4) is 0 Å². The number of thiophene rings is 1. The van der Waals surface area contributed by atoms with Gasteiger partial charge in [-0.2, -0.15) is 0 Å². The number of hydrogen-bond acceptors (Lipinski definition) is 4. The number of nitrogens with zero attached hydrogens (tertiary/aromatic N) is 2. The summed E-state index contributed by atoms with van der Waals surface area (Å²) >= 11 is 7.27. The highest BCUT2D eigenvalue weighted by atomic mass is 127. The van der Waals surface area contributed by atoms with Gasteiger partial charge in [0.2, 0.25) is 5.91 Å². The summed E-state index contributed by atoms with van der Waals surface area (Å²) in [5, 5.41) is 16.6. The van der Waals surface area contributed by atoms with Crippen LogP contribution in [0.15, 0.2) is 41.4 Å². The summed E-state index contributed by atoms with van der Waals surface area (Å²) < 4.78 is 0.652. The minimum absolute atomic E-state index is 0. The van der Waals surface area contributed by atoms with Crippen LogP contribution in [0, 0.1) is 0 Å². The summed E-state index contributed by atoms with van der Waals surface area (Å²) in [6, 6.07) is 11.8. The van der Waals surface area contributed by atoms with E-state index in [-0.39, 0.29) is 36.4 Å². The number of carbonyl (C=O) groups excluding carboxylic acids is 1. The molecule has 2 heterocycles. The molecule has 0 aliphatic carbocycles. The largest absolute Gasteiger partial charge is 0.386 e. The van der Waals surface area contributed by atoms with Gasteiger partial charge in [0, 0.05) is 37.5 Å². The lowest BCUT2D eigenvalue weighted by molar-refractivity contribution is -0.131. The number of aliphatic imine (C=N–C) groups is 1. The van der Waals surface area contributed by atoms with Crippen molar-refractivity contribution in [1.82, 2.24) is 15.5 Å². The molecule has 1 atom stereocenters. The molecule has 1 aromatic carbocycles. The maximum Gasteiger partial charge on any atom is 0.223 e. The number of rotatable bonds is 8. The Morgan fingerprint density at radius 3 is 2.53 bits per heavy atom. The van der Waals surface area contributed by atoms with Crippen LogP contribution < -0.4 is 10.6 Å². The van der Waals surface area contributed by atoms with E-state index >= 15 is 0 Å². The molecule has 9 heteroatoms. The number of halogens is 2. The Balaban J connectivity index is 0.00000320. The van der Waals surface area contributed by atoms with Crippen LogP contribution >= 0.6 is 46.9 Å². The second kappa shape index (κ2) is 12.5. The molecule has 6 nitrogen and oxygen atoms in total. The SMILES string of the molecule is CCNC(=NCC(O)c1ccc(Cl)s1)NCCCC(=O)N1Cc2ccccc2C1.I. The Bertz CT molecular complexity index is 836. The molecule has 30 heavy (non-hydrogen) atoms. The van der Waals surface area contributed by atoms with E-state index in [1.807, 2.05) is 30.0 Å². The van der Waals surface area contributed by atoms with E-state index in [4.69, 9.17) is 11.6 Å². The number of aliphatic hydroxyl groups is 1. The van der Waals surface area contributed by atoms with Crippen LogP contribution in [0.5, 0.6) is 0 Å². The van der Waals surface area contributed by atoms with Crippen molar-refractivity contribution >= 4 is 58.8 Å². The summed E-state index contributed by atoms with van der Waals surface area (Å²) in [4.78, 5) is 19.6. The molecule has 3 N–H and O–H groups in total. The summed E-state index contributed by atoms with van der Waals surface area (Å²) in [6.45, 7) is 5.00. The topological polar surface area (TPSA) is 77.0 Å². The van der Waals surface area contributed by atoms with Crippen LogP contribution in [0.3, 0.4) is 0 Å². The van der Waals surface area contributed by atoms with Gasteiger partial charge in [0.05, 0.1) is 10.9 Å². The Morgan fingerprint density at radius 1 is 1.23 bits per heavy atom. The van der Waals surface area contributed by atoms with Gasteiger partial charge < -0.3 is 20.6 Å². The normalized spacial score (nSPS) is 14.1. The van der Waals surface area contributed by atoms with E-state index in [9.17, 15) is 9.90 Å². The van der Waals surface area contributed by atoms with Gasteiger partial charge in [-0.15, -0.1) is 35.3 Å². The highest BCUT2D eigenvalue weighted by Crippen LogP contribution is 2.27. The van der Waals surface area contributed by atoms with Crippen molar-refractivity contribution in [3.05, 3.63) is 56.7 Å². The van der Waals surface area contributed by atoms with Crippen molar-refractivity contribution in [1.29, 1.82) is 0 Å². The van der Waals surface area contributed by atoms with Gasteiger partial charge >= 0.3 is 0 Å². The van der Waals surface area contributed by atoms with Crippen molar-refractivity contribution < 1.29 is 9.90 Å². The smallest absolute Gasteiger partial charge is 0.223 e. The molecule has 0 saturated carbocycles. The number of guanidine groups is 1. The van der Waals surface area contributed by atoms with Crippen molar-refractivity contribution in [2.75, 3.05) is 19.6 Å². The van der Waals surface area contributed by atoms with Crippen LogP contribution in [0.1, 0.15) is 41.9 Å². The van der Waals surface area contributed by atoms with Gasteiger partial charge in [0.15, 0.2) is 5.96 Å². The summed E-state index contributed by atoms with van der Waals surface area (Å²) in [5.41, 5.74) is 2.48. The third-order valence-electron chi connectivity index (χ3n) is 4.74. The molecule has 3 rings (SSSR count). The van der Waals surface area contributed by atoms with E-state index < -0.39 is 6.10 Å². The fourth-order valence-electron chi connectivity index (χ4n) is 3.23. The Labute approximate surface area is 203 Å². The van der Waals surface area contributed by atoms with E-state index in [1.165, 1.54) is 22.5 Å². The monoisotopic (exact) mass is 562 g/mol. The van der Waals surface area contributed by atoms with Crippen LogP contribution in [0.25, 0.3) is 0 Å². The first-order valence-corrected chi connectivity index (χ1v) is 11.1. The molecular weight excluding hydrogens is 535 g/mol. The molecule has 1 unspecified atom stereocenters. The number of fused-ring (bicyclic) bond motifs is 1. The highest BCUT2D eigenvalue weighted by molar-refractivity contribution is 14.0. The maximum atomic E-state index is 12.5. The summed E-state index contributed by atoms with van der Waals surface area (Å²) in [5.74, 6) is 0.810. The quantitative estimate of drug-likeness (QED) is 0.197. The van der Waals surface area contributed by atoms with Gasteiger partial charge in [-0.3, -0.25) is 9.79 Å². The van der Waals surface area contributed by atoms with Gasteiger partial charge in [0.25, 0.3) is 0 Å². The van der Waals surface area contributed by atoms with E-state index in [1.54, 1.807) is 6.07 Å². The molecule has 0 radical (unpaired) electrons. The Morgan fingerprint density at radius 2 is 1.93 bits per heavy atom. The molecule has 1 amide bonds. The first kappa shape index (κ1) is 24.9. The van der Waals surface area contributed by atoms with E-state index in [0.717, 1.165) is 17.8 Å². The number of amides is 1. The summed E-state index contributed by atoms with van der Waals surface area (Å²) in [7, 11) is 0. The number of benzene rings is 1. The van der Waals surface area contributed by atoms with Crippen LogP contribution in [0.2, 0.25) is 4.34 Å². The molecule has 0 bridgehead atoms. The third kappa shape index (κ3) is 7.11. The highest BCUT2D eigenvalue weighted by Gasteiger charge is 2.22. The van der Waals surface area contributed by atoms with Gasteiger partial charge in [-0.1, -0.05) is 35.9 Å². The molecule has 1 aliphatic rings. The first-order chi connectivity index (χ1) is 14.1. The predicted molar refractivity (Wildman–Crippen MR) is 134 cm³/mol.